The minimum absolute atomic E-state index is 0.0707. The second kappa shape index (κ2) is 7.16. The van der Waals surface area contributed by atoms with Crippen LogP contribution in [0.5, 0.6) is 0 Å². The predicted octanol–water partition coefficient (Wildman–Crippen LogP) is 3.80. The molecule has 0 spiro atoms. The summed E-state index contributed by atoms with van der Waals surface area (Å²) in [4.78, 5) is 23.9. The van der Waals surface area contributed by atoms with Crippen molar-refractivity contribution >= 4 is 11.9 Å². The average Bonchev–Trinajstić information content (AvgIpc) is 3.35. The molecule has 1 aromatic rings. The standard InChI is InChI=1S/C16H15F6NO3/c1-26-14(25)12(4-8-2-3-8)23-13(24)9-5-10(15(17,18)19)7-11(6-9)16(20,21)22/h5-8,12H,2-4H2,1H3,(H,23,24)/t12-/m0/s1. The highest BCUT2D eigenvalue weighted by Crippen LogP contribution is 2.37. The van der Waals surface area contributed by atoms with Crippen LogP contribution in [0.3, 0.4) is 0 Å². The predicted molar refractivity (Wildman–Crippen MR) is 77.1 cm³/mol. The SMILES string of the molecule is COC(=O)[C@H](CC1CC1)NC(=O)c1cc(C(F)(F)F)cc(C(F)(F)F)c1. The van der Waals surface area contributed by atoms with Crippen LogP contribution < -0.4 is 5.32 Å². The van der Waals surface area contributed by atoms with Crippen LogP contribution in [0.1, 0.15) is 40.7 Å². The molecule has 26 heavy (non-hydrogen) atoms. The summed E-state index contributed by atoms with van der Waals surface area (Å²) >= 11 is 0. The summed E-state index contributed by atoms with van der Waals surface area (Å²) < 4.78 is 81.6. The van der Waals surface area contributed by atoms with E-state index in [1.807, 2.05) is 0 Å². The van der Waals surface area contributed by atoms with E-state index < -0.39 is 47.0 Å². The smallest absolute Gasteiger partial charge is 0.416 e. The number of hydrogen-bond donors (Lipinski definition) is 1. The van der Waals surface area contributed by atoms with Crippen LogP contribution in [0.25, 0.3) is 0 Å². The fourth-order valence-corrected chi connectivity index (χ4v) is 2.37. The van der Waals surface area contributed by atoms with Crippen molar-refractivity contribution in [2.45, 2.75) is 37.7 Å². The van der Waals surface area contributed by atoms with Gasteiger partial charge in [0.1, 0.15) is 6.04 Å². The van der Waals surface area contributed by atoms with Crippen molar-refractivity contribution in [2.24, 2.45) is 5.92 Å². The number of carbonyl (C=O) groups excluding carboxylic acids is 2. The maximum absolute atomic E-state index is 12.9. The van der Waals surface area contributed by atoms with Crippen LogP contribution in [-0.2, 0) is 21.9 Å². The molecule has 0 bridgehead atoms. The number of nitrogens with one attached hydrogen (secondary N) is 1. The van der Waals surface area contributed by atoms with Gasteiger partial charge >= 0.3 is 18.3 Å². The lowest BCUT2D eigenvalue weighted by molar-refractivity contribution is -0.144. The Bertz CT molecular complexity index is 662. The monoisotopic (exact) mass is 383 g/mol. The lowest BCUT2D eigenvalue weighted by atomic mass is 10.0. The number of benzene rings is 1. The summed E-state index contributed by atoms with van der Waals surface area (Å²) in [5.41, 5.74) is -4.04. The summed E-state index contributed by atoms with van der Waals surface area (Å²) in [6.45, 7) is 0. The first kappa shape index (κ1) is 20.1. The molecule has 0 saturated heterocycles. The van der Waals surface area contributed by atoms with E-state index in [0.717, 1.165) is 20.0 Å². The molecule has 1 N–H and O–H groups in total. The van der Waals surface area contributed by atoms with E-state index in [9.17, 15) is 35.9 Å². The molecule has 1 aliphatic rings. The summed E-state index contributed by atoms with van der Waals surface area (Å²) in [6.07, 6.45) is -8.27. The average molecular weight is 383 g/mol. The van der Waals surface area contributed by atoms with Gasteiger partial charge in [0.25, 0.3) is 5.91 Å². The zero-order valence-corrected chi connectivity index (χ0v) is 13.5. The van der Waals surface area contributed by atoms with E-state index in [1.165, 1.54) is 0 Å². The Balaban J connectivity index is 2.32. The molecule has 1 aliphatic carbocycles. The number of amides is 1. The topological polar surface area (TPSA) is 55.4 Å². The maximum atomic E-state index is 12.9. The van der Waals surface area contributed by atoms with Gasteiger partial charge in [0.2, 0.25) is 0 Å². The van der Waals surface area contributed by atoms with Gasteiger partial charge in [-0.1, -0.05) is 12.8 Å². The van der Waals surface area contributed by atoms with E-state index in [2.05, 4.69) is 10.1 Å². The Kier molecular flexibility index (Phi) is 5.52. The van der Waals surface area contributed by atoms with Crippen LogP contribution in [0, 0.1) is 5.92 Å². The van der Waals surface area contributed by atoms with Crippen LogP contribution in [0.2, 0.25) is 0 Å². The fourth-order valence-electron chi connectivity index (χ4n) is 2.37. The highest BCUT2D eigenvalue weighted by atomic mass is 19.4. The molecule has 0 unspecified atom stereocenters. The van der Waals surface area contributed by atoms with Gasteiger partial charge in [0.05, 0.1) is 18.2 Å². The second-order valence-electron chi connectivity index (χ2n) is 6.02. The summed E-state index contributed by atoms with van der Waals surface area (Å²) in [7, 11) is 1.07. The molecule has 1 atom stereocenters. The van der Waals surface area contributed by atoms with E-state index >= 15 is 0 Å². The molecule has 1 fully saturated rings. The van der Waals surface area contributed by atoms with E-state index in [0.29, 0.717) is 12.1 Å². The van der Waals surface area contributed by atoms with Gasteiger partial charge < -0.3 is 10.1 Å². The van der Waals surface area contributed by atoms with Gasteiger partial charge in [0, 0.05) is 5.56 Å². The lowest BCUT2D eigenvalue weighted by Crippen LogP contribution is -2.42. The number of methoxy groups -OCH3 is 1. The first-order valence-electron chi connectivity index (χ1n) is 7.60. The van der Waals surface area contributed by atoms with Gasteiger partial charge in [-0.05, 0) is 30.5 Å². The number of rotatable bonds is 5. The third-order valence-corrected chi connectivity index (χ3v) is 3.91. The Morgan fingerprint density at radius 1 is 1.08 bits per heavy atom. The van der Waals surface area contributed by atoms with Crippen molar-refractivity contribution in [1.82, 2.24) is 5.32 Å². The zero-order chi connectivity index (χ0) is 19.7. The molecule has 4 nitrogen and oxygen atoms in total. The molecular formula is C16H15F6NO3. The number of hydrogen-bond acceptors (Lipinski definition) is 3. The number of ether oxygens (including phenoxy) is 1. The Morgan fingerprint density at radius 3 is 1.96 bits per heavy atom. The normalized spacial score (nSPS) is 16.1. The van der Waals surface area contributed by atoms with Crippen molar-refractivity contribution in [3.63, 3.8) is 0 Å². The molecular weight excluding hydrogens is 368 g/mol. The number of halogens is 6. The van der Waals surface area contributed by atoms with Crippen molar-refractivity contribution in [1.29, 1.82) is 0 Å². The molecule has 0 heterocycles. The highest BCUT2D eigenvalue weighted by Gasteiger charge is 2.38. The van der Waals surface area contributed by atoms with Crippen LogP contribution >= 0.6 is 0 Å². The van der Waals surface area contributed by atoms with Gasteiger partial charge in [-0.2, -0.15) is 26.3 Å². The molecule has 2 rings (SSSR count). The maximum Gasteiger partial charge on any atom is 0.416 e. The zero-order valence-electron chi connectivity index (χ0n) is 13.5. The number of alkyl halides is 6. The lowest BCUT2D eigenvalue weighted by Gasteiger charge is -2.18. The Morgan fingerprint density at radius 2 is 1.58 bits per heavy atom. The van der Waals surface area contributed by atoms with Crippen LogP contribution in [-0.4, -0.2) is 25.0 Å². The van der Waals surface area contributed by atoms with Gasteiger partial charge in [-0.25, -0.2) is 4.79 Å². The van der Waals surface area contributed by atoms with Crippen molar-refractivity contribution in [2.75, 3.05) is 7.11 Å². The molecule has 0 aliphatic heterocycles. The minimum Gasteiger partial charge on any atom is -0.467 e. The number of carbonyl (C=O) groups is 2. The molecule has 1 amide bonds. The first-order chi connectivity index (χ1) is 11.9. The summed E-state index contributed by atoms with van der Waals surface area (Å²) in [5.74, 6) is -1.86. The van der Waals surface area contributed by atoms with Crippen LogP contribution in [0.15, 0.2) is 18.2 Å². The van der Waals surface area contributed by atoms with Gasteiger partial charge in [-0.15, -0.1) is 0 Å². The molecule has 144 valence electrons. The van der Waals surface area contributed by atoms with Crippen molar-refractivity contribution < 1.29 is 40.7 Å². The quantitative estimate of drug-likeness (QED) is 0.622. The van der Waals surface area contributed by atoms with E-state index in [1.54, 1.807) is 0 Å². The molecule has 1 aromatic carbocycles. The Labute approximate surface area is 144 Å². The van der Waals surface area contributed by atoms with Gasteiger partial charge in [-0.3, -0.25) is 4.79 Å². The largest absolute Gasteiger partial charge is 0.467 e. The van der Waals surface area contributed by atoms with Crippen molar-refractivity contribution in [3.8, 4) is 0 Å². The summed E-state index contributed by atoms with van der Waals surface area (Å²) in [6, 6.07) is -0.575. The highest BCUT2D eigenvalue weighted by molar-refractivity contribution is 5.97. The first-order valence-corrected chi connectivity index (χ1v) is 7.60. The fraction of sp³-hybridized carbons (Fsp3) is 0.500. The molecule has 10 heteroatoms. The third-order valence-electron chi connectivity index (χ3n) is 3.91. The second-order valence-corrected chi connectivity index (χ2v) is 6.02. The number of esters is 1. The third kappa shape index (κ3) is 5.12. The summed E-state index contributed by atoms with van der Waals surface area (Å²) in [5, 5.41) is 2.16. The van der Waals surface area contributed by atoms with Crippen molar-refractivity contribution in [3.05, 3.63) is 34.9 Å². The minimum atomic E-state index is -5.06. The molecule has 0 aromatic heterocycles. The Hall–Kier alpha value is -2.26. The molecule has 0 radical (unpaired) electrons. The molecule has 1 saturated carbocycles. The van der Waals surface area contributed by atoms with Gasteiger partial charge in [0.15, 0.2) is 0 Å². The van der Waals surface area contributed by atoms with E-state index in [4.69, 9.17) is 0 Å². The van der Waals surface area contributed by atoms with E-state index in [-0.39, 0.29) is 18.4 Å². The van der Waals surface area contributed by atoms with Crippen LogP contribution in [0.4, 0.5) is 26.3 Å².